The Morgan fingerprint density at radius 3 is 2.72 bits per heavy atom. The van der Waals surface area contributed by atoms with Crippen molar-refractivity contribution in [2.45, 2.75) is 65.6 Å². The Balaban J connectivity index is 1.90. The Morgan fingerprint density at radius 2 is 2.12 bits per heavy atom. The van der Waals surface area contributed by atoms with Crippen molar-refractivity contribution in [3.05, 3.63) is 23.3 Å². The summed E-state index contributed by atoms with van der Waals surface area (Å²) in [5.74, 6) is -0.712. The molecule has 3 aliphatic rings. The molecule has 2 aliphatic carbocycles. The summed E-state index contributed by atoms with van der Waals surface area (Å²) in [5.41, 5.74) is 0.560. The molecule has 25 heavy (non-hydrogen) atoms. The lowest BCUT2D eigenvalue weighted by Crippen LogP contribution is -2.54. The molecule has 0 aromatic carbocycles. The Hall–Kier alpha value is -1.62. The smallest absolute Gasteiger partial charge is 0.336 e. The number of cyclic esters (lactones) is 1. The normalized spacial score (nSPS) is 40.8. The van der Waals surface area contributed by atoms with E-state index in [-0.39, 0.29) is 11.3 Å². The first-order chi connectivity index (χ1) is 11.7. The number of hydrogen-bond donors (Lipinski definition) is 2. The van der Waals surface area contributed by atoms with Crippen LogP contribution in [0.3, 0.4) is 0 Å². The zero-order valence-electron chi connectivity index (χ0n) is 15.2. The molecular formula is C20H28O5. The molecule has 5 heteroatoms. The molecule has 3 rings (SSSR count). The van der Waals surface area contributed by atoms with Crippen molar-refractivity contribution in [2.75, 3.05) is 0 Å². The molecule has 0 radical (unpaired) electrons. The van der Waals surface area contributed by atoms with Gasteiger partial charge in [-0.3, -0.25) is 4.79 Å². The van der Waals surface area contributed by atoms with E-state index in [1.54, 1.807) is 0 Å². The zero-order valence-corrected chi connectivity index (χ0v) is 15.2. The predicted molar refractivity (Wildman–Crippen MR) is 92.5 cm³/mol. The number of carbonyl (C=O) groups is 2. The van der Waals surface area contributed by atoms with Crippen LogP contribution in [-0.4, -0.2) is 28.4 Å². The quantitative estimate of drug-likeness (QED) is 0.601. The third-order valence-corrected chi connectivity index (χ3v) is 7.25. The van der Waals surface area contributed by atoms with Gasteiger partial charge in [0.15, 0.2) is 0 Å². The van der Waals surface area contributed by atoms with Gasteiger partial charge >= 0.3 is 11.9 Å². The summed E-state index contributed by atoms with van der Waals surface area (Å²) >= 11 is 0. The summed E-state index contributed by atoms with van der Waals surface area (Å²) in [6.45, 7) is 6.36. The first-order valence-corrected chi connectivity index (χ1v) is 9.22. The molecule has 1 heterocycles. The molecule has 1 saturated carbocycles. The number of hydrogen-bond acceptors (Lipinski definition) is 4. The second-order valence-corrected chi connectivity index (χ2v) is 8.23. The number of fused-ring (bicyclic) bond motifs is 1. The van der Waals surface area contributed by atoms with Crippen molar-refractivity contribution in [2.24, 2.45) is 22.7 Å². The standard InChI is InChI=1S/C20H28O5/c1-12-7-10-20(18(23)24)13(2)5-4-6-15(20)19(12,3)9-8-14-11-16(21)25-17(14)22/h5,11-12,15-16,21H,4,6-10H2,1-3H3,(H,23,24)/t12-,15-,16+,19+,20-/m1/s1. The molecule has 5 atom stereocenters. The summed E-state index contributed by atoms with van der Waals surface area (Å²) in [4.78, 5) is 24.1. The van der Waals surface area contributed by atoms with Crippen molar-refractivity contribution < 1.29 is 24.5 Å². The van der Waals surface area contributed by atoms with Crippen molar-refractivity contribution in [1.82, 2.24) is 0 Å². The molecule has 1 aliphatic heterocycles. The number of esters is 1. The maximum absolute atomic E-state index is 12.3. The molecule has 0 aromatic heterocycles. The Bertz CT molecular complexity index is 648. The number of aliphatic hydroxyl groups is 1. The molecular weight excluding hydrogens is 320 g/mol. The molecule has 138 valence electrons. The summed E-state index contributed by atoms with van der Waals surface area (Å²) < 4.78 is 4.78. The van der Waals surface area contributed by atoms with Crippen molar-refractivity contribution in [3.63, 3.8) is 0 Å². The fraction of sp³-hybridized carbons (Fsp3) is 0.700. The molecule has 0 aromatic rings. The number of ether oxygens (including phenoxy) is 1. The van der Waals surface area contributed by atoms with Crippen molar-refractivity contribution >= 4 is 11.9 Å². The summed E-state index contributed by atoms with van der Waals surface area (Å²) in [7, 11) is 0. The maximum Gasteiger partial charge on any atom is 0.336 e. The van der Waals surface area contributed by atoms with E-state index in [2.05, 4.69) is 19.9 Å². The summed E-state index contributed by atoms with van der Waals surface area (Å²) in [6, 6.07) is 0. The van der Waals surface area contributed by atoms with Gasteiger partial charge in [-0.25, -0.2) is 4.79 Å². The van der Waals surface area contributed by atoms with Crippen LogP contribution in [0.25, 0.3) is 0 Å². The number of allylic oxidation sites excluding steroid dienone is 1. The predicted octanol–water partition coefficient (Wildman–Crippen LogP) is 3.43. The Kier molecular flexibility index (Phi) is 4.56. The van der Waals surface area contributed by atoms with E-state index in [4.69, 9.17) is 4.74 Å². The maximum atomic E-state index is 12.3. The lowest BCUT2D eigenvalue weighted by Gasteiger charge is -2.57. The van der Waals surface area contributed by atoms with Crippen LogP contribution in [0.2, 0.25) is 0 Å². The van der Waals surface area contributed by atoms with Gasteiger partial charge in [-0.2, -0.15) is 0 Å². The molecule has 0 saturated heterocycles. The van der Waals surface area contributed by atoms with E-state index in [0.717, 1.165) is 31.3 Å². The molecule has 1 fully saturated rings. The number of carbonyl (C=O) groups excluding carboxylic acids is 1. The van der Waals surface area contributed by atoms with E-state index in [1.165, 1.54) is 6.08 Å². The molecule has 0 bridgehead atoms. The molecule has 2 N–H and O–H groups in total. The lowest BCUT2D eigenvalue weighted by atomic mass is 9.46. The van der Waals surface area contributed by atoms with E-state index in [1.807, 2.05) is 6.92 Å². The highest BCUT2D eigenvalue weighted by Gasteiger charge is 2.59. The highest BCUT2D eigenvalue weighted by molar-refractivity contribution is 5.90. The van der Waals surface area contributed by atoms with Gasteiger partial charge in [0.05, 0.1) is 5.41 Å². The average Bonchev–Trinajstić information content (AvgIpc) is 2.87. The van der Waals surface area contributed by atoms with Crippen molar-refractivity contribution in [1.29, 1.82) is 0 Å². The lowest BCUT2D eigenvalue weighted by molar-refractivity contribution is -0.162. The highest BCUT2D eigenvalue weighted by atomic mass is 16.6. The van der Waals surface area contributed by atoms with E-state index < -0.39 is 23.6 Å². The highest BCUT2D eigenvalue weighted by Crippen LogP contribution is 2.62. The van der Waals surface area contributed by atoms with Gasteiger partial charge < -0.3 is 14.9 Å². The van der Waals surface area contributed by atoms with Crippen LogP contribution in [0.15, 0.2) is 23.3 Å². The fourth-order valence-corrected chi connectivity index (χ4v) is 5.45. The van der Waals surface area contributed by atoms with Crippen LogP contribution in [0.5, 0.6) is 0 Å². The third kappa shape index (κ3) is 2.73. The van der Waals surface area contributed by atoms with Gasteiger partial charge in [-0.15, -0.1) is 0 Å². The van der Waals surface area contributed by atoms with Crippen LogP contribution in [0.1, 0.15) is 59.3 Å². The molecule has 0 unspecified atom stereocenters. The van der Waals surface area contributed by atoms with Crippen LogP contribution >= 0.6 is 0 Å². The van der Waals surface area contributed by atoms with Crippen molar-refractivity contribution in [3.8, 4) is 0 Å². The van der Waals surface area contributed by atoms with Crippen LogP contribution in [-0.2, 0) is 14.3 Å². The largest absolute Gasteiger partial charge is 0.481 e. The third-order valence-electron chi connectivity index (χ3n) is 7.25. The minimum Gasteiger partial charge on any atom is -0.481 e. The SMILES string of the molecule is CC1=CCC[C@H]2[C@@]1(C(=O)O)CC[C@@H](C)[C@]2(C)CCC1=C[C@@H](O)OC1=O. The van der Waals surface area contributed by atoms with Crippen LogP contribution in [0.4, 0.5) is 0 Å². The second kappa shape index (κ2) is 6.27. The van der Waals surface area contributed by atoms with Gasteiger partial charge in [0.2, 0.25) is 6.29 Å². The van der Waals surface area contributed by atoms with E-state index in [9.17, 15) is 19.8 Å². The number of carboxylic acids is 1. The monoisotopic (exact) mass is 348 g/mol. The number of carboxylic acid groups (broad SMARTS) is 1. The Labute approximate surface area is 148 Å². The first kappa shape index (κ1) is 18.2. The first-order valence-electron chi connectivity index (χ1n) is 9.22. The number of aliphatic hydroxyl groups excluding tert-OH is 1. The fourth-order valence-electron chi connectivity index (χ4n) is 5.45. The second-order valence-electron chi connectivity index (χ2n) is 8.23. The van der Waals surface area contributed by atoms with Crippen LogP contribution < -0.4 is 0 Å². The molecule has 0 spiro atoms. The summed E-state index contributed by atoms with van der Waals surface area (Å²) in [6.07, 6.45) is 7.02. The minimum atomic E-state index is -1.14. The zero-order chi connectivity index (χ0) is 18.4. The van der Waals surface area contributed by atoms with Gasteiger partial charge in [-0.1, -0.05) is 25.5 Å². The number of aliphatic carboxylic acids is 1. The molecule has 5 nitrogen and oxygen atoms in total. The topological polar surface area (TPSA) is 83.8 Å². The number of rotatable bonds is 4. The minimum absolute atomic E-state index is 0.0641. The summed E-state index contributed by atoms with van der Waals surface area (Å²) in [5, 5.41) is 19.6. The van der Waals surface area contributed by atoms with E-state index in [0.29, 0.717) is 24.3 Å². The van der Waals surface area contributed by atoms with Gasteiger partial charge in [0, 0.05) is 5.57 Å². The van der Waals surface area contributed by atoms with Gasteiger partial charge in [0.1, 0.15) is 0 Å². The Morgan fingerprint density at radius 1 is 1.40 bits per heavy atom. The average molecular weight is 348 g/mol. The van der Waals surface area contributed by atoms with Crippen LogP contribution in [0, 0.1) is 22.7 Å². The van der Waals surface area contributed by atoms with E-state index >= 15 is 0 Å². The van der Waals surface area contributed by atoms with Gasteiger partial charge in [-0.05, 0) is 68.8 Å². The van der Waals surface area contributed by atoms with Gasteiger partial charge in [0.25, 0.3) is 0 Å². The molecule has 0 amide bonds.